The number of nitrogens with zero attached hydrogens (tertiary/aromatic N) is 3. The van der Waals surface area contributed by atoms with Gasteiger partial charge in [-0.1, -0.05) is 0 Å². The molecule has 1 aromatic rings. The first-order valence-corrected chi connectivity index (χ1v) is 5.16. The number of carbonyl (C=O) groups excluding carboxylic acids is 1. The molecule has 1 aliphatic rings. The molecule has 0 atom stereocenters. The van der Waals surface area contributed by atoms with E-state index in [9.17, 15) is 4.79 Å². The summed E-state index contributed by atoms with van der Waals surface area (Å²) in [6, 6.07) is 0. The van der Waals surface area contributed by atoms with Gasteiger partial charge in [-0.2, -0.15) is 0 Å². The first-order valence-electron chi connectivity index (χ1n) is 4.01. The third kappa shape index (κ3) is 1.80. The van der Waals surface area contributed by atoms with E-state index in [2.05, 4.69) is 9.97 Å². The Labute approximate surface area is 80.4 Å². The van der Waals surface area contributed by atoms with E-state index in [1.54, 1.807) is 22.9 Å². The Hall–Kier alpha value is -1.10. The SMILES string of the molecule is O=C(c1cnccn1)N1CCSC1. The number of rotatable bonds is 1. The van der Waals surface area contributed by atoms with Crippen molar-refractivity contribution in [2.75, 3.05) is 18.2 Å². The lowest BCUT2D eigenvalue weighted by molar-refractivity contribution is 0.0796. The fourth-order valence-corrected chi connectivity index (χ4v) is 2.09. The second kappa shape index (κ2) is 3.74. The van der Waals surface area contributed by atoms with Gasteiger partial charge in [-0.05, 0) is 0 Å². The lowest BCUT2D eigenvalue weighted by atomic mass is 10.4. The molecular formula is C8H9N3OS. The number of hydrogen-bond acceptors (Lipinski definition) is 4. The predicted octanol–water partition coefficient (Wildman–Crippen LogP) is 0.623. The maximum absolute atomic E-state index is 11.7. The van der Waals surface area contributed by atoms with E-state index in [0.29, 0.717) is 5.69 Å². The standard InChI is InChI=1S/C8H9N3OS/c12-8(11-3-4-13-6-11)7-5-9-1-2-10-7/h1-2,5H,3-4,6H2. The zero-order chi connectivity index (χ0) is 9.10. The van der Waals surface area contributed by atoms with Gasteiger partial charge in [0.15, 0.2) is 0 Å². The summed E-state index contributed by atoms with van der Waals surface area (Å²) in [7, 11) is 0. The summed E-state index contributed by atoms with van der Waals surface area (Å²) >= 11 is 1.76. The van der Waals surface area contributed by atoms with Gasteiger partial charge in [0.25, 0.3) is 5.91 Å². The van der Waals surface area contributed by atoms with Gasteiger partial charge >= 0.3 is 0 Å². The molecule has 1 saturated heterocycles. The van der Waals surface area contributed by atoms with Crippen LogP contribution in [0.15, 0.2) is 18.6 Å². The number of amides is 1. The number of hydrogen-bond donors (Lipinski definition) is 0. The molecule has 2 rings (SSSR count). The molecule has 0 aromatic carbocycles. The molecule has 0 aliphatic carbocycles. The average Bonchev–Trinajstić information content (AvgIpc) is 2.71. The van der Waals surface area contributed by atoms with E-state index in [-0.39, 0.29) is 5.91 Å². The summed E-state index contributed by atoms with van der Waals surface area (Å²) in [6.45, 7) is 0.820. The van der Waals surface area contributed by atoms with Crippen LogP contribution in [0.1, 0.15) is 10.5 Å². The van der Waals surface area contributed by atoms with E-state index in [4.69, 9.17) is 0 Å². The molecule has 1 amide bonds. The van der Waals surface area contributed by atoms with E-state index in [0.717, 1.165) is 18.2 Å². The molecule has 0 spiro atoms. The monoisotopic (exact) mass is 195 g/mol. The third-order valence-corrected chi connectivity index (χ3v) is 2.79. The van der Waals surface area contributed by atoms with Crippen molar-refractivity contribution < 1.29 is 4.79 Å². The van der Waals surface area contributed by atoms with Crippen molar-refractivity contribution in [1.29, 1.82) is 0 Å². The van der Waals surface area contributed by atoms with Gasteiger partial charge in [0.1, 0.15) is 5.69 Å². The van der Waals surface area contributed by atoms with E-state index in [1.807, 2.05) is 0 Å². The van der Waals surface area contributed by atoms with Crippen molar-refractivity contribution in [1.82, 2.24) is 14.9 Å². The minimum Gasteiger partial charge on any atom is -0.327 e. The van der Waals surface area contributed by atoms with Gasteiger partial charge in [0.2, 0.25) is 0 Å². The van der Waals surface area contributed by atoms with Gasteiger partial charge < -0.3 is 4.90 Å². The van der Waals surface area contributed by atoms with Crippen molar-refractivity contribution in [3.05, 3.63) is 24.3 Å². The summed E-state index contributed by atoms with van der Waals surface area (Å²) < 4.78 is 0. The van der Waals surface area contributed by atoms with Crippen LogP contribution in [0, 0.1) is 0 Å². The Morgan fingerprint density at radius 1 is 1.54 bits per heavy atom. The molecule has 1 aromatic heterocycles. The molecule has 5 heteroatoms. The largest absolute Gasteiger partial charge is 0.327 e. The van der Waals surface area contributed by atoms with Crippen molar-refractivity contribution in [3.8, 4) is 0 Å². The first-order chi connectivity index (χ1) is 6.38. The molecule has 1 aliphatic heterocycles. The van der Waals surface area contributed by atoms with Crippen molar-refractivity contribution >= 4 is 17.7 Å². The highest BCUT2D eigenvalue weighted by atomic mass is 32.2. The van der Waals surface area contributed by atoms with Gasteiger partial charge in [-0.3, -0.25) is 9.78 Å². The lowest BCUT2D eigenvalue weighted by Crippen LogP contribution is -2.28. The molecule has 13 heavy (non-hydrogen) atoms. The zero-order valence-electron chi connectivity index (χ0n) is 7.01. The Balaban J connectivity index is 2.13. The molecule has 0 unspecified atom stereocenters. The average molecular weight is 195 g/mol. The summed E-state index contributed by atoms with van der Waals surface area (Å²) in [5, 5.41) is 0. The van der Waals surface area contributed by atoms with Crippen LogP contribution in [0.4, 0.5) is 0 Å². The van der Waals surface area contributed by atoms with Crippen LogP contribution < -0.4 is 0 Å². The number of aromatic nitrogens is 2. The third-order valence-electron chi connectivity index (χ3n) is 1.82. The quantitative estimate of drug-likeness (QED) is 0.659. The van der Waals surface area contributed by atoms with E-state index >= 15 is 0 Å². The minimum atomic E-state index is -0.0156. The van der Waals surface area contributed by atoms with Gasteiger partial charge in [-0.15, -0.1) is 11.8 Å². The van der Waals surface area contributed by atoms with Crippen LogP contribution >= 0.6 is 11.8 Å². The smallest absolute Gasteiger partial charge is 0.274 e. The molecule has 2 heterocycles. The number of thioether (sulfide) groups is 1. The molecule has 0 saturated carbocycles. The Morgan fingerprint density at radius 3 is 3.08 bits per heavy atom. The van der Waals surface area contributed by atoms with Crippen molar-refractivity contribution in [3.63, 3.8) is 0 Å². The summed E-state index contributed by atoms with van der Waals surface area (Å²) in [5.74, 6) is 1.78. The minimum absolute atomic E-state index is 0.0156. The highest BCUT2D eigenvalue weighted by molar-refractivity contribution is 7.99. The first kappa shape index (κ1) is 8.50. The zero-order valence-corrected chi connectivity index (χ0v) is 7.83. The van der Waals surface area contributed by atoms with E-state index in [1.165, 1.54) is 12.4 Å². The maximum Gasteiger partial charge on any atom is 0.274 e. The topological polar surface area (TPSA) is 46.1 Å². The van der Waals surface area contributed by atoms with Crippen molar-refractivity contribution in [2.24, 2.45) is 0 Å². The van der Waals surface area contributed by atoms with Gasteiger partial charge in [0, 0.05) is 24.7 Å². The van der Waals surface area contributed by atoms with E-state index < -0.39 is 0 Å². The Kier molecular flexibility index (Phi) is 2.44. The fourth-order valence-electron chi connectivity index (χ4n) is 1.15. The van der Waals surface area contributed by atoms with Gasteiger partial charge in [0.05, 0.1) is 12.1 Å². The second-order valence-corrected chi connectivity index (χ2v) is 3.77. The Morgan fingerprint density at radius 2 is 2.46 bits per heavy atom. The van der Waals surface area contributed by atoms with Crippen LogP contribution in [0.2, 0.25) is 0 Å². The summed E-state index contributed by atoms with van der Waals surface area (Å²) in [5.41, 5.74) is 0.435. The second-order valence-electron chi connectivity index (χ2n) is 2.70. The molecule has 0 N–H and O–H groups in total. The molecule has 0 bridgehead atoms. The van der Waals surface area contributed by atoms with Crippen LogP contribution in [0.5, 0.6) is 0 Å². The van der Waals surface area contributed by atoms with Crippen LogP contribution in [0.3, 0.4) is 0 Å². The molecule has 68 valence electrons. The molecule has 4 nitrogen and oxygen atoms in total. The highest BCUT2D eigenvalue weighted by Gasteiger charge is 2.20. The fraction of sp³-hybridized carbons (Fsp3) is 0.375. The highest BCUT2D eigenvalue weighted by Crippen LogP contribution is 2.15. The summed E-state index contributed by atoms with van der Waals surface area (Å²) in [4.78, 5) is 21.3. The molecule has 0 radical (unpaired) electrons. The van der Waals surface area contributed by atoms with Crippen LogP contribution in [-0.2, 0) is 0 Å². The Bertz CT molecular complexity index is 298. The van der Waals surface area contributed by atoms with Gasteiger partial charge in [-0.25, -0.2) is 4.98 Å². The summed E-state index contributed by atoms with van der Waals surface area (Å²) in [6.07, 6.45) is 4.61. The number of carbonyl (C=O) groups is 1. The normalized spacial score (nSPS) is 16.2. The lowest BCUT2D eigenvalue weighted by Gasteiger charge is -2.12. The van der Waals surface area contributed by atoms with Crippen molar-refractivity contribution in [2.45, 2.75) is 0 Å². The molecular weight excluding hydrogens is 186 g/mol. The maximum atomic E-state index is 11.7. The van der Waals surface area contributed by atoms with Crippen LogP contribution in [-0.4, -0.2) is 38.9 Å². The molecule has 1 fully saturated rings. The van der Waals surface area contributed by atoms with Crippen LogP contribution in [0.25, 0.3) is 0 Å². The predicted molar refractivity (Wildman–Crippen MR) is 50.4 cm³/mol.